The van der Waals surface area contributed by atoms with Gasteiger partial charge in [0.15, 0.2) is 0 Å². The Balaban J connectivity index is 2.95. The summed E-state index contributed by atoms with van der Waals surface area (Å²) in [5, 5.41) is 9.38. The topological polar surface area (TPSA) is 55.8 Å². The summed E-state index contributed by atoms with van der Waals surface area (Å²) >= 11 is 0. The molecule has 0 amide bonds. The molecular weight excluding hydrogens is 232 g/mol. The maximum Gasteiger partial charge on any atom is 0.330 e. The highest BCUT2D eigenvalue weighted by molar-refractivity contribution is 5.81. The average molecular weight is 250 g/mol. The first-order valence-corrected chi connectivity index (χ1v) is 5.64. The molecule has 0 bridgehead atoms. The van der Waals surface area contributed by atoms with E-state index in [9.17, 15) is 9.90 Å². The van der Waals surface area contributed by atoms with Crippen molar-refractivity contribution in [2.45, 2.75) is 12.8 Å². The zero-order chi connectivity index (χ0) is 13.5. The van der Waals surface area contributed by atoms with Crippen LogP contribution < -0.4 is 4.74 Å². The second-order valence-corrected chi connectivity index (χ2v) is 3.89. The summed E-state index contributed by atoms with van der Waals surface area (Å²) in [5.74, 6) is 0.111. The lowest BCUT2D eigenvalue weighted by molar-refractivity contribution is -0.134. The minimum atomic E-state index is -0.431. The molecule has 0 saturated heterocycles. The average Bonchev–Trinajstić information content (AvgIpc) is 2.40. The van der Waals surface area contributed by atoms with Gasteiger partial charge in [-0.25, -0.2) is 4.79 Å². The number of aliphatic hydroxyl groups is 1. The lowest BCUT2D eigenvalue weighted by Gasteiger charge is -2.14. The number of carbonyl (C=O) groups excluding carboxylic acids is 1. The number of esters is 1. The van der Waals surface area contributed by atoms with Gasteiger partial charge in [0.2, 0.25) is 0 Å². The molecule has 98 valence electrons. The predicted octanol–water partition coefficient (Wildman–Crippen LogP) is 1.81. The molecule has 0 aliphatic heterocycles. The van der Waals surface area contributed by atoms with Crippen LogP contribution in [0.2, 0.25) is 0 Å². The van der Waals surface area contributed by atoms with E-state index < -0.39 is 5.97 Å². The molecule has 1 aromatic rings. The minimum absolute atomic E-state index is 0.0688. The number of aliphatic hydroxyl groups excluding tert-OH is 1. The van der Waals surface area contributed by atoms with Crippen LogP contribution in [0.4, 0.5) is 0 Å². The van der Waals surface area contributed by atoms with Crippen molar-refractivity contribution in [2.24, 2.45) is 0 Å². The zero-order valence-electron chi connectivity index (χ0n) is 10.8. The third kappa shape index (κ3) is 3.60. The number of rotatable bonds is 5. The first kappa shape index (κ1) is 14.3. The Morgan fingerprint density at radius 2 is 2.17 bits per heavy atom. The molecule has 1 N–H and O–H groups in total. The fraction of sp³-hybridized carbons (Fsp3) is 0.357. The summed E-state index contributed by atoms with van der Waals surface area (Å²) in [6.45, 7) is 1.87. The summed E-state index contributed by atoms with van der Waals surface area (Å²) in [5.41, 5.74) is 1.96. The van der Waals surface area contributed by atoms with Crippen molar-refractivity contribution < 1.29 is 19.4 Å². The third-order valence-corrected chi connectivity index (χ3v) is 2.74. The highest BCUT2D eigenvalue weighted by Gasteiger charge is 2.11. The van der Waals surface area contributed by atoms with Crippen LogP contribution in [0.1, 0.15) is 17.0 Å². The fourth-order valence-electron chi connectivity index (χ4n) is 1.72. The van der Waals surface area contributed by atoms with Crippen LogP contribution in [-0.4, -0.2) is 31.9 Å². The largest absolute Gasteiger partial charge is 0.497 e. The van der Waals surface area contributed by atoms with Gasteiger partial charge in [0.1, 0.15) is 5.75 Å². The van der Waals surface area contributed by atoms with Crippen LogP contribution >= 0.6 is 0 Å². The smallest absolute Gasteiger partial charge is 0.330 e. The molecule has 0 fully saturated rings. The molecule has 18 heavy (non-hydrogen) atoms. The number of hydrogen-bond donors (Lipinski definition) is 1. The first-order valence-electron chi connectivity index (χ1n) is 5.64. The van der Waals surface area contributed by atoms with E-state index >= 15 is 0 Å². The second kappa shape index (κ2) is 6.81. The maximum absolute atomic E-state index is 11.0. The van der Waals surface area contributed by atoms with Crippen molar-refractivity contribution >= 4 is 5.97 Å². The van der Waals surface area contributed by atoms with E-state index in [-0.39, 0.29) is 12.5 Å². The Labute approximate surface area is 107 Å². The van der Waals surface area contributed by atoms with Gasteiger partial charge in [-0.2, -0.15) is 0 Å². The van der Waals surface area contributed by atoms with Gasteiger partial charge in [0.05, 0.1) is 20.8 Å². The lowest BCUT2D eigenvalue weighted by Crippen LogP contribution is -2.05. The van der Waals surface area contributed by atoms with Crippen molar-refractivity contribution in [3.63, 3.8) is 0 Å². The van der Waals surface area contributed by atoms with Gasteiger partial charge in [0.25, 0.3) is 0 Å². The van der Waals surface area contributed by atoms with Crippen molar-refractivity contribution in [3.8, 4) is 5.75 Å². The minimum Gasteiger partial charge on any atom is -0.497 e. The summed E-state index contributed by atoms with van der Waals surface area (Å²) in [7, 11) is 2.92. The van der Waals surface area contributed by atoms with E-state index in [1.807, 2.05) is 25.1 Å². The van der Waals surface area contributed by atoms with Gasteiger partial charge in [-0.1, -0.05) is 12.1 Å². The highest BCUT2D eigenvalue weighted by Crippen LogP contribution is 2.24. The molecule has 0 aromatic heterocycles. The molecule has 0 spiro atoms. The number of aryl methyl sites for hydroxylation is 1. The van der Waals surface area contributed by atoms with Gasteiger partial charge < -0.3 is 14.6 Å². The van der Waals surface area contributed by atoms with Crippen molar-refractivity contribution in [1.82, 2.24) is 0 Å². The maximum atomic E-state index is 11.0. The Hall–Kier alpha value is -1.81. The Bertz CT molecular complexity index is 437. The predicted molar refractivity (Wildman–Crippen MR) is 68.7 cm³/mol. The standard InChI is InChI=1S/C14H18O4/c1-10-8-12(17-2)5-6-13(10)11(9-15)4-7-14(16)18-3/h4-8,11,15H,9H2,1-3H3/b7-4+/t11-/m1/s1. The fourth-order valence-corrected chi connectivity index (χ4v) is 1.72. The third-order valence-electron chi connectivity index (χ3n) is 2.74. The zero-order valence-corrected chi connectivity index (χ0v) is 10.8. The molecule has 0 radical (unpaired) electrons. The first-order chi connectivity index (χ1) is 8.62. The van der Waals surface area contributed by atoms with E-state index in [0.29, 0.717) is 0 Å². The Morgan fingerprint density at radius 1 is 1.44 bits per heavy atom. The number of ether oxygens (including phenoxy) is 2. The van der Waals surface area contributed by atoms with Crippen LogP contribution in [-0.2, 0) is 9.53 Å². The number of methoxy groups -OCH3 is 2. The SMILES string of the molecule is COC(=O)/C=C/[C@H](CO)c1ccc(OC)cc1C. The van der Waals surface area contributed by atoms with Gasteiger partial charge in [-0.15, -0.1) is 0 Å². The quantitative estimate of drug-likeness (QED) is 0.639. The van der Waals surface area contributed by atoms with Gasteiger partial charge in [-0.3, -0.25) is 0 Å². The van der Waals surface area contributed by atoms with E-state index in [2.05, 4.69) is 4.74 Å². The van der Waals surface area contributed by atoms with E-state index in [1.54, 1.807) is 13.2 Å². The molecule has 1 atom stereocenters. The van der Waals surface area contributed by atoms with Crippen LogP contribution in [0.15, 0.2) is 30.4 Å². The van der Waals surface area contributed by atoms with Crippen molar-refractivity contribution in [3.05, 3.63) is 41.5 Å². The molecule has 4 heteroatoms. The normalized spacial score (nSPS) is 12.4. The number of hydrogen-bond acceptors (Lipinski definition) is 4. The van der Waals surface area contributed by atoms with Crippen molar-refractivity contribution in [2.75, 3.05) is 20.8 Å². The molecule has 0 unspecified atom stereocenters. The molecule has 1 aromatic carbocycles. The van der Waals surface area contributed by atoms with E-state index in [4.69, 9.17) is 4.74 Å². The monoisotopic (exact) mass is 250 g/mol. The summed E-state index contributed by atoms with van der Waals surface area (Å²) in [6, 6.07) is 5.61. The molecular formula is C14H18O4. The van der Waals surface area contributed by atoms with Gasteiger partial charge >= 0.3 is 5.97 Å². The Morgan fingerprint density at radius 3 is 2.67 bits per heavy atom. The Kier molecular flexibility index (Phi) is 5.39. The van der Waals surface area contributed by atoms with Gasteiger partial charge in [0, 0.05) is 12.0 Å². The lowest BCUT2D eigenvalue weighted by atomic mass is 9.95. The van der Waals surface area contributed by atoms with Gasteiger partial charge in [-0.05, 0) is 30.2 Å². The molecule has 0 aliphatic rings. The molecule has 4 nitrogen and oxygen atoms in total. The van der Waals surface area contributed by atoms with E-state index in [0.717, 1.165) is 16.9 Å². The number of benzene rings is 1. The van der Waals surface area contributed by atoms with Crippen LogP contribution in [0, 0.1) is 6.92 Å². The summed E-state index contributed by atoms with van der Waals surface area (Å²) < 4.78 is 9.64. The van der Waals surface area contributed by atoms with E-state index in [1.165, 1.54) is 13.2 Å². The van der Waals surface area contributed by atoms with Crippen LogP contribution in [0.25, 0.3) is 0 Å². The molecule has 0 heterocycles. The second-order valence-electron chi connectivity index (χ2n) is 3.89. The molecule has 0 saturated carbocycles. The summed E-state index contributed by atoms with van der Waals surface area (Å²) in [4.78, 5) is 11.0. The summed E-state index contributed by atoms with van der Waals surface area (Å²) in [6.07, 6.45) is 2.96. The molecule has 1 rings (SSSR count). The van der Waals surface area contributed by atoms with Crippen LogP contribution in [0.5, 0.6) is 5.75 Å². The highest BCUT2D eigenvalue weighted by atomic mass is 16.5. The number of carbonyl (C=O) groups is 1. The van der Waals surface area contributed by atoms with Crippen molar-refractivity contribution in [1.29, 1.82) is 0 Å². The molecule has 0 aliphatic carbocycles. The van der Waals surface area contributed by atoms with Crippen LogP contribution in [0.3, 0.4) is 0 Å².